The van der Waals surface area contributed by atoms with Gasteiger partial charge in [-0.05, 0) is 30.7 Å². The monoisotopic (exact) mass is 376 g/mol. The van der Waals surface area contributed by atoms with E-state index in [9.17, 15) is 19.2 Å². The second-order valence-corrected chi connectivity index (χ2v) is 7.63. The van der Waals surface area contributed by atoms with Crippen molar-refractivity contribution in [1.82, 2.24) is 9.55 Å². The summed E-state index contributed by atoms with van der Waals surface area (Å²) in [6.07, 6.45) is 4.03. The van der Waals surface area contributed by atoms with E-state index in [0.29, 0.717) is 16.5 Å². The normalized spacial score (nSPS) is 16.1. The van der Waals surface area contributed by atoms with Gasteiger partial charge in [-0.3, -0.25) is 19.4 Å². The molecule has 138 valence electrons. The van der Waals surface area contributed by atoms with Crippen LogP contribution in [0, 0.1) is 5.92 Å². The molecule has 1 aliphatic rings. The summed E-state index contributed by atoms with van der Waals surface area (Å²) in [5.41, 5.74) is 5.84. The Hall–Kier alpha value is -2.68. The maximum Gasteiger partial charge on any atom is 0.328 e. The number of fused-ring (bicyclic) bond motifs is 1. The van der Waals surface area contributed by atoms with Gasteiger partial charge in [0.2, 0.25) is 5.91 Å². The Kier molecular flexibility index (Phi) is 5.08. The predicted octanol–water partition coefficient (Wildman–Crippen LogP) is 0.851. The van der Waals surface area contributed by atoms with Crippen LogP contribution in [-0.2, 0) is 24.2 Å². The number of primary amides is 1. The van der Waals surface area contributed by atoms with E-state index < -0.39 is 17.2 Å². The second-order valence-electron chi connectivity index (χ2n) is 6.52. The highest BCUT2D eigenvalue weighted by atomic mass is 32.1. The average molecular weight is 376 g/mol. The number of rotatable bonds is 5. The van der Waals surface area contributed by atoms with Crippen molar-refractivity contribution >= 4 is 28.2 Å². The van der Waals surface area contributed by atoms with Crippen molar-refractivity contribution in [2.75, 3.05) is 5.32 Å². The van der Waals surface area contributed by atoms with Gasteiger partial charge in [0.1, 0.15) is 5.00 Å². The van der Waals surface area contributed by atoms with Crippen LogP contribution in [-0.4, -0.2) is 21.4 Å². The summed E-state index contributed by atoms with van der Waals surface area (Å²) in [4.78, 5) is 50.1. The number of anilines is 1. The number of aryl methyl sites for hydroxylation is 1. The molecule has 2 aromatic heterocycles. The summed E-state index contributed by atoms with van der Waals surface area (Å²) in [5.74, 6) is -0.320. The molecule has 1 aliphatic carbocycles. The zero-order valence-corrected chi connectivity index (χ0v) is 15.1. The van der Waals surface area contributed by atoms with Crippen LogP contribution in [0.4, 0.5) is 5.00 Å². The van der Waals surface area contributed by atoms with Gasteiger partial charge in [-0.1, -0.05) is 6.92 Å². The Labute approximate surface area is 153 Å². The Morgan fingerprint density at radius 1 is 1.42 bits per heavy atom. The minimum atomic E-state index is -0.566. The van der Waals surface area contributed by atoms with Gasteiger partial charge in [0.15, 0.2) is 0 Å². The summed E-state index contributed by atoms with van der Waals surface area (Å²) in [6.45, 7) is 2.28. The molecule has 0 fully saturated rings. The van der Waals surface area contributed by atoms with Gasteiger partial charge >= 0.3 is 5.69 Å². The Morgan fingerprint density at radius 3 is 2.88 bits per heavy atom. The molecule has 3 rings (SSSR count). The molecular formula is C17H20N4O4S. The highest BCUT2D eigenvalue weighted by Crippen LogP contribution is 2.39. The maximum absolute atomic E-state index is 12.3. The summed E-state index contributed by atoms with van der Waals surface area (Å²) >= 11 is 1.40. The summed E-state index contributed by atoms with van der Waals surface area (Å²) in [5, 5.41) is 3.24. The van der Waals surface area contributed by atoms with E-state index in [-0.39, 0.29) is 18.9 Å². The van der Waals surface area contributed by atoms with Crippen molar-refractivity contribution in [2.45, 2.75) is 39.2 Å². The molecule has 2 amide bonds. The van der Waals surface area contributed by atoms with Crippen molar-refractivity contribution in [3.05, 3.63) is 49.1 Å². The van der Waals surface area contributed by atoms with E-state index >= 15 is 0 Å². The first-order valence-electron chi connectivity index (χ1n) is 8.39. The smallest absolute Gasteiger partial charge is 0.328 e. The van der Waals surface area contributed by atoms with E-state index in [2.05, 4.69) is 17.2 Å². The van der Waals surface area contributed by atoms with Crippen molar-refractivity contribution in [2.24, 2.45) is 11.7 Å². The fourth-order valence-electron chi connectivity index (χ4n) is 3.13. The number of nitrogens with zero attached hydrogens (tertiary/aromatic N) is 1. The Balaban J connectivity index is 1.74. The first kappa shape index (κ1) is 18.1. The molecule has 2 aromatic rings. The van der Waals surface area contributed by atoms with Gasteiger partial charge in [0.25, 0.3) is 11.5 Å². The molecular weight excluding hydrogens is 356 g/mol. The third-order valence-electron chi connectivity index (χ3n) is 4.49. The molecule has 8 nitrogen and oxygen atoms in total. The fourth-order valence-corrected chi connectivity index (χ4v) is 4.56. The first-order valence-corrected chi connectivity index (χ1v) is 9.20. The first-order chi connectivity index (χ1) is 12.3. The van der Waals surface area contributed by atoms with Crippen molar-refractivity contribution in [1.29, 1.82) is 0 Å². The van der Waals surface area contributed by atoms with Gasteiger partial charge in [0, 0.05) is 30.1 Å². The number of nitrogens with one attached hydrogen (secondary N) is 2. The average Bonchev–Trinajstić information content (AvgIpc) is 2.90. The number of amides is 2. The van der Waals surface area contributed by atoms with Gasteiger partial charge in [-0.15, -0.1) is 11.3 Å². The highest BCUT2D eigenvalue weighted by Gasteiger charge is 2.27. The van der Waals surface area contributed by atoms with Crippen LogP contribution in [0.5, 0.6) is 0 Å². The van der Waals surface area contributed by atoms with E-state index in [1.165, 1.54) is 28.2 Å². The number of aromatic amines is 1. The molecule has 0 saturated carbocycles. The third kappa shape index (κ3) is 3.77. The molecule has 0 aliphatic heterocycles. The molecule has 1 unspecified atom stereocenters. The zero-order valence-electron chi connectivity index (χ0n) is 14.3. The van der Waals surface area contributed by atoms with Crippen molar-refractivity contribution in [3.8, 4) is 0 Å². The number of hydrogen-bond donors (Lipinski definition) is 3. The lowest BCUT2D eigenvalue weighted by Crippen LogP contribution is -2.29. The van der Waals surface area contributed by atoms with Crippen molar-refractivity contribution < 1.29 is 9.59 Å². The van der Waals surface area contributed by atoms with Gasteiger partial charge in [-0.2, -0.15) is 0 Å². The number of carbonyl (C=O) groups excluding carboxylic acids is 2. The second kappa shape index (κ2) is 7.28. The summed E-state index contributed by atoms with van der Waals surface area (Å²) in [6, 6.07) is 1.22. The van der Waals surface area contributed by atoms with Gasteiger partial charge in [-0.25, -0.2) is 4.79 Å². The highest BCUT2D eigenvalue weighted by molar-refractivity contribution is 7.17. The third-order valence-corrected chi connectivity index (χ3v) is 5.66. The maximum atomic E-state index is 12.3. The molecule has 1 atom stereocenters. The standard InChI is InChI=1S/C17H20N4O4S/c1-9-2-3-10-11(8-9)26-16(14(10)15(18)24)19-12(22)4-6-21-7-5-13(23)20-17(21)25/h5,7,9H,2-4,6,8H2,1H3,(H2,18,24)(H,19,22)(H,20,23,25). The minimum absolute atomic E-state index is 0.0309. The lowest BCUT2D eigenvalue weighted by Gasteiger charge is -2.18. The molecule has 2 heterocycles. The zero-order chi connectivity index (χ0) is 18.8. The largest absolute Gasteiger partial charge is 0.365 e. The molecule has 26 heavy (non-hydrogen) atoms. The molecule has 0 spiro atoms. The molecule has 0 radical (unpaired) electrons. The van der Waals surface area contributed by atoms with E-state index in [4.69, 9.17) is 5.73 Å². The van der Waals surface area contributed by atoms with Crippen LogP contribution in [0.25, 0.3) is 0 Å². The number of carbonyl (C=O) groups is 2. The molecule has 0 saturated heterocycles. The van der Waals surface area contributed by atoms with Crippen LogP contribution < -0.4 is 22.3 Å². The fraction of sp³-hybridized carbons (Fsp3) is 0.412. The molecule has 9 heteroatoms. The minimum Gasteiger partial charge on any atom is -0.365 e. The Morgan fingerprint density at radius 2 is 2.19 bits per heavy atom. The van der Waals surface area contributed by atoms with E-state index in [1.807, 2.05) is 0 Å². The van der Waals surface area contributed by atoms with E-state index in [0.717, 1.165) is 29.7 Å². The number of aromatic nitrogens is 2. The van der Waals surface area contributed by atoms with Crippen LogP contribution in [0.15, 0.2) is 21.9 Å². The van der Waals surface area contributed by atoms with E-state index in [1.54, 1.807) is 0 Å². The SMILES string of the molecule is CC1CCc2c(sc(NC(=O)CCn3ccc(=O)[nH]c3=O)c2C(N)=O)C1. The molecule has 0 bridgehead atoms. The summed E-state index contributed by atoms with van der Waals surface area (Å²) < 4.78 is 1.25. The Bertz CT molecular complexity index is 972. The van der Waals surface area contributed by atoms with Crippen LogP contribution in [0.3, 0.4) is 0 Å². The summed E-state index contributed by atoms with van der Waals surface area (Å²) in [7, 11) is 0. The molecule has 0 aromatic carbocycles. The lowest BCUT2D eigenvalue weighted by molar-refractivity contribution is -0.116. The number of H-pyrrole nitrogens is 1. The predicted molar refractivity (Wildman–Crippen MR) is 98.6 cm³/mol. The number of nitrogens with two attached hydrogens (primary N) is 1. The lowest BCUT2D eigenvalue weighted by atomic mass is 9.88. The van der Waals surface area contributed by atoms with Crippen LogP contribution in [0.2, 0.25) is 0 Å². The van der Waals surface area contributed by atoms with Crippen molar-refractivity contribution in [3.63, 3.8) is 0 Å². The van der Waals surface area contributed by atoms with Gasteiger partial charge in [0.05, 0.1) is 5.56 Å². The topological polar surface area (TPSA) is 127 Å². The van der Waals surface area contributed by atoms with Gasteiger partial charge < -0.3 is 15.6 Å². The number of thiophene rings is 1. The molecule has 4 N–H and O–H groups in total. The quantitative estimate of drug-likeness (QED) is 0.715. The van der Waals surface area contributed by atoms with Crippen LogP contribution >= 0.6 is 11.3 Å². The van der Waals surface area contributed by atoms with Crippen LogP contribution in [0.1, 0.15) is 40.6 Å². The number of hydrogen-bond acceptors (Lipinski definition) is 5.